The third-order valence-electron chi connectivity index (χ3n) is 4.43. The van der Waals surface area contributed by atoms with Crippen molar-refractivity contribution in [2.75, 3.05) is 26.2 Å². The van der Waals surface area contributed by atoms with Crippen LogP contribution in [0.1, 0.15) is 29.3 Å². The van der Waals surface area contributed by atoms with Crippen LogP contribution in [0, 0.1) is 0 Å². The van der Waals surface area contributed by atoms with Crippen molar-refractivity contribution in [2.24, 2.45) is 0 Å². The normalized spacial score (nSPS) is 14.2. The molecule has 0 aliphatic carbocycles. The van der Waals surface area contributed by atoms with Crippen molar-refractivity contribution in [1.29, 1.82) is 0 Å². The number of piperazine rings is 1. The molecule has 1 aromatic carbocycles. The number of carbonyl (C=O) groups excluding carboxylic acids is 2. The minimum Gasteiger partial charge on any atom is -0.489 e. The smallest absolute Gasteiger partial charge is 0.254 e. The molecular formula is C20H23N3O3. The monoisotopic (exact) mass is 353 g/mol. The third-order valence-corrected chi connectivity index (χ3v) is 4.43. The Balaban J connectivity index is 1.59. The van der Waals surface area contributed by atoms with Gasteiger partial charge in [-0.2, -0.15) is 0 Å². The fourth-order valence-corrected chi connectivity index (χ4v) is 2.93. The van der Waals surface area contributed by atoms with Crippen molar-refractivity contribution in [1.82, 2.24) is 14.8 Å². The van der Waals surface area contributed by atoms with Gasteiger partial charge in [0.25, 0.3) is 5.91 Å². The maximum atomic E-state index is 12.7. The molecule has 1 aliphatic heterocycles. The molecule has 26 heavy (non-hydrogen) atoms. The standard InChI is InChI=1S/C20H23N3O3/c1-2-19(24)22-9-11-23(12-10-22)20(25)17-6-3-7-18(13-17)26-15-16-5-4-8-21-14-16/h3-8,13-14H,2,9-12,15H2,1H3. The fraction of sp³-hybridized carbons (Fsp3) is 0.350. The Morgan fingerprint density at radius 3 is 2.54 bits per heavy atom. The number of amides is 2. The highest BCUT2D eigenvalue weighted by molar-refractivity contribution is 5.94. The first-order chi connectivity index (χ1) is 12.7. The Kier molecular flexibility index (Phi) is 5.84. The van der Waals surface area contributed by atoms with Crippen molar-refractivity contribution < 1.29 is 14.3 Å². The summed E-state index contributed by atoms with van der Waals surface area (Å²) in [7, 11) is 0. The number of benzene rings is 1. The second kappa shape index (κ2) is 8.47. The van der Waals surface area contributed by atoms with Gasteiger partial charge in [-0.3, -0.25) is 14.6 Å². The van der Waals surface area contributed by atoms with Gasteiger partial charge in [0.1, 0.15) is 12.4 Å². The van der Waals surface area contributed by atoms with Crippen LogP contribution in [-0.4, -0.2) is 52.8 Å². The number of pyridine rings is 1. The minimum atomic E-state index is -0.0274. The molecule has 1 aromatic heterocycles. The number of nitrogens with zero attached hydrogens (tertiary/aromatic N) is 3. The maximum absolute atomic E-state index is 12.7. The van der Waals surface area contributed by atoms with Crippen molar-refractivity contribution >= 4 is 11.8 Å². The average molecular weight is 353 g/mol. The summed E-state index contributed by atoms with van der Waals surface area (Å²) in [4.78, 5) is 32.1. The summed E-state index contributed by atoms with van der Waals surface area (Å²) in [5.74, 6) is 0.767. The fourth-order valence-electron chi connectivity index (χ4n) is 2.93. The van der Waals surface area contributed by atoms with E-state index in [4.69, 9.17) is 4.74 Å². The molecule has 2 aromatic rings. The first-order valence-electron chi connectivity index (χ1n) is 8.86. The van der Waals surface area contributed by atoms with E-state index in [1.54, 1.807) is 29.4 Å². The Morgan fingerprint density at radius 1 is 1.08 bits per heavy atom. The van der Waals surface area contributed by atoms with Crippen LogP contribution >= 0.6 is 0 Å². The first-order valence-corrected chi connectivity index (χ1v) is 8.86. The van der Waals surface area contributed by atoms with E-state index in [1.165, 1.54) is 0 Å². The van der Waals surface area contributed by atoms with E-state index < -0.39 is 0 Å². The number of hydrogen-bond acceptors (Lipinski definition) is 4. The van der Waals surface area contributed by atoms with Crippen LogP contribution in [0.4, 0.5) is 0 Å². The lowest BCUT2D eigenvalue weighted by molar-refractivity contribution is -0.132. The minimum absolute atomic E-state index is 0.0274. The molecule has 0 radical (unpaired) electrons. The maximum Gasteiger partial charge on any atom is 0.254 e. The molecule has 0 atom stereocenters. The average Bonchev–Trinajstić information content (AvgIpc) is 2.72. The highest BCUT2D eigenvalue weighted by Crippen LogP contribution is 2.17. The first kappa shape index (κ1) is 17.9. The van der Waals surface area contributed by atoms with E-state index in [1.807, 2.05) is 36.1 Å². The molecule has 0 unspecified atom stereocenters. The molecule has 2 amide bonds. The Morgan fingerprint density at radius 2 is 1.85 bits per heavy atom. The van der Waals surface area contributed by atoms with Crippen molar-refractivity contribution in [3.63, 3.8) is 0 Å². The summed E-state index contributed by atoms with van der Waals surface area (Å²) < 4.78 is 5.77. The Hall–Kier alpha value is -2.89. The molecule has 0 N–H and O–H groups in total. The van der Waals surface area contributed by atoms with E-state index in [2.05, 4.69) is 4.98 Å². The quantitative estimate of drug-likeness (QED) is 0.828. The van der Waals surface area contributed by atoms with Crippen LogP contribution in [0.15, 0.2) is 48.8 Å². The predicted molar refractivity (Wildman–Crippen MR) is 97.8 cm³/mol. The number of carbonyl (C=O) groups is 2. The van der Waals surface area contributed by atoms with E-state index in [-0.39, 0.29) is 11.8 Å². The Labute approximate surface area is 153 Å². The van der Waals surface area contributed by atoms with Gasteiger partial charge in [-0.15, -0.1) is 0 Å². The van der Waals surface area contributed by atoms with Gasteiger partial charge in [0, 0.05) is 56.1 Å². The van der Waals surface area contributed by atoms with Gasteiger partial charge >= 0.3 is 0 Å². The molecule has 1 saturated heterocycles. The van der Waals surface area contributed by atoms with Crippen LogP contribution < -0.4 is 4.74 Å². The summed E-state index contributed by atoms with van der Waals surface area (Å²) in [5.41, 5.74) is 1.57. The van der Waals surface area contributed by atoms with Gasteiger partial charge in [0.2, 0.25) is 5.91 Å². The molecule has 136 valence electrons. The van der Waals surface area contributed by atoms with Crippen molar-refractivity contribution in [3.05, 3.63) is 59.9 Å². The van der Waals surface area contributed by atoms with Gasteiger partial charge < -0.3 is 14.5 Å². The summed E-state index contributed by atoms with van der Waals surface area (Å²) in [6, 6.07) is 11.0. The largest absolute Gasteiger partial charge is 0.489 e. The third kappa shape index (κ3) is 4.39. The molecule has 0 bridgehead atoms. The molecule has 6 nitrogen and oxygen atoms in total. The Bertz CT molecular complexity index is 756. The number of hydrogen-bond donors (Lipinski definition) is 0. The van der Waals surface area contributed by atoms with Gasteiger partial charge in [-0.25, -0.2) is 0 Å². The second-order valence-electron chi connectivity index (χ2n) is 6.20. The topological polar surface area (TPSA) is 62.7 Å². The number of ether oxygens (including phenoxy) is 1. The van der Waals surface area contributed by atoms with Crippen molar-refractivity contribution in [3.8, 4) is 5.75 Å². The molecule has 0 saturated carbocycles. The van der Waals surface area contributed by atoms with E-state index in [0.29, 0.717) is 50.5 Å². The highest BCUT2D eigenvalue weighted by Gasteiger charge is 2.24. The van der Waals surface area contributed by atoms with Crippen LogP contribution in [0.3, 0.4) is 0 Å². The molecule has 3 rings (SSSR count). The summed E-state index contributed by atoms with van der Waals surface area (Å²) in [6.07, 6.45) is 3.98. The van der Waals surface area contributed by atoms with Crippen LogP contribution in [0.5, 0.6) is 5.75 Å². The lowest BCUT2D eigenvalue weighted by Gasteiger charge is -2.34. The molecule has 0 spiro atoms. The molecule has 1 fully saturated rings. The zero-order chi connectivity index (χ0) is 18.4. The van der Waals surface area contributed by atoms with Gasteiger partial charge in [0.05, 0.1) is 0 Å². The van der Waals surface area contributed by atoms with Gasteiger partial charge in [-0.1, -0.05) is 19.1 Å². The predicted octanol–water partition coefficient (Wildman–Crippen LogP) is 2.36. The van der Waals surface area contributed by atoms with E-state index >= 15 is 0 Å². The lowest BCUT2D eigenvalue weighted by atomic mass is 10.1. The SMILES string of the molecule is CCC(=O)N1CCN(C(=O)c2cccc(OCc3cccnc3)c2)CC1. The van der Waals surface area contributed by atoms with Crippen molar-refractivity contribution in [2.45, 2.75) is 20.0 Å². The summed E-state index contributed by atoms with van der Waals surface area (Å²) in [6.45, 7) is 4.57. The molecule has 6 heteroatoms. The van der Waals surface area contributed by atoms with Crippen LogP contribution in [0.2, 0.25) is 0 Å². The van der Waals surface area contributed by atoms with Gasteiger partial charge in [0.15, 0.2) is 0 Å². The van der Waals surface area contributed by atoms with Crippen LogP contribution in [-0.2, 0) is 11.4 Å². The summed E-state index contributed by atoms with van der Waals surface area (Å²) >= 11 is 0. The van der Waals surface area contributed by atoms with E-state index in [9.17, 15) is 9.59 Å². The zero-order valence-corrected chi connectivity index (χ0v) is 14.9. The van der Waals surface area contributed by atoms with E-state index in [0.717, 1.165) is 5.56 Å². The van der Waals surface area contributed by atoms with Crippen LogP contribution in [0.25, 0.3) is 0 Å². The zero-order valence-electron chi connectivity index (χ0n) is 14.9. The lowest BCUT2D eigenvalue weighted by Crippen LogP contribution is -2.50. The molecule has 1 aliphatic rings. The summed E-state index contributed by atoms with van der Waals surface area (Å²) in [5, 5.41) is 0. The molecule has 2 heterocycles. The molecular weight excluding hydrogens is 330 g/mol. The van der Waals surface area contributed by atoms with Gasteiger partial charge in [-0.05, 0) is 24.3 Å². The number of aromatic nitrogens is 1. The number of rotatable bonds is 5. The highest BCUT2D eigenvalue weighted by atomic mass is 16.5. The second-order valence-corrected chi connectivity index (χ2v) is 6.20.